The number of imide groups is 1. The van der Waals surface area contributed by atoms with Crippen molar-refractivity contribution in [2.45, 2.75) is 6.92 Å². The average molecular weight is 224 g/mol. The topological polar surface area (TPSA) is 75.7 Å². The molecule has 1 rings (SSSR count). The van der Waals surface area contributed by atoms with E-state index in [4.69, 9.17) is 0 Å². The molecule has 0 aromatic carbocycles. The smallest absolute Gasteiger partial charge is 0.333 e. The molecule has 1 aliphatic rings. The van der Waals surface area contributed by atoms with E-state index in [2.05, 4.69) is 16.6 Å². The summed E-state index contributed by atoms with van der Waals surface area (Å²) in [5.41, 5.74) is -0.0784. The van der Waals surface area contributed by atoms with Crippen LogP contribution in [0.2, 0.25) is 0 Å². The van der Waals surface area contributed by atoms with Gasteiger partial charge in [-0.1, -0.05) is 6.08 Å². The van der Waals surface area contributed by atoms with Crippen LogP contribution in [0.15, 0.2) is 24.4 Å². The number of urea groups is 1. The largest absolute Gasteiger partial charge is 0.463 e. The molecule has 0 aliphatic carbocycles. The SMILES string of the molecule is C=CCN1C(=O)N/C(=C/C(=O)OCC)C1=O. The van der Waals surface area contributed by atoms with Gasteiger partial charge < -0.3 is 10.1 Å². The lowest BCUT2D eigenvalue weighted by Crippen LogP contribution is -2.30. The maximum Gasteiger partial charge on any atom is 0.333 e. The van der Waals surface area contributed by atoms with Gasteiger partial charge in [0.2, 0.25) is 0 Å². The van der Waals surface area contributed by atoms with Crippen LogP contribution in [0.1, 0.15) is 6.92 Å². The first-order valence-electron chi connectivity index (χ1n) is 4.72. The van der Waals surface area contributed by atoms with Gasteiger partial charge in [0.1, 0.15) is 5.70 Å². The van der Waals surface area contributed by atoms with Crippen LogP contribution in [0.3, 0.4) is 0 Å². The number of carbonyl (C=O) groups excluding carboxylic acids is 3. The first-order valence-corrected chi connectivity index (χ1v) is 4.72. The summed E-state index contributed by atoms with van der Waals surface area (Å²) in [6, 6.07) is -0.569. The fourth-order valence-corrected chi connectivity index (χ4v) is 1.17. The van der Waals surface area contributed by atoms with Crippen LogP contribution in [0.4, 0.5) is 4.79 Å². The summed E-state index contributed by atoms with van der Waals surface area (Å²) < 4.78 is 4.63. The number of esters is 1. The van der Waals surface area contributed by atoms with Crippen molar-refractivity contribution in [3.05, 3.63) is 24.4 Å². The molecule has 0 spiro atoms. The van der Waals surface area contributed by atoms with Gasteiger partial charge in [-0.3, -0.25) is 9.69 Å². The highest BCUT2D eigenvalue weighted by atomic mass is 16.5. The third kappa shape index (κ3) is 2.47. The molecule has 1 aliphatic heterocycles. The maximum absolute atomic E-state index is 11.6. The normalized spacial score (nSPS) is 17.6. The van der Waals surface area contributed by atoms with E-state index in [1.807, 2.05) is 0 Å². The molecule has 0 aromatic rings. The van der Waals surface area contributed by atoms with Gasteiger partial charge in [0.25, 0.3) is 5.91 Å². The molecule has 86 valence electrons. The highest BCUT2D eigenvalue weighted by molar-refractivity contribution is 6.13. The quantitative estimate of drug-likeness (QED) is 0.319. The van der Waals surface area contributed by atoms with E-state index in [1.54, 1.807) is 6.92 Å². The summed E-state index contributed by atoms with van der Waals surface area (Å²) in [6.07, 6.45) is 2.39. The van der Waals surface area contributed by atoms with Crippen molar-refractivity contribution in [1.29, 1.82) is 0 Å². The molecule has 6 nitrogen and oxygen atoms in total. The van der Waals surface area contributed by atoms with Crippen molar-refractivity contribution in [3.8, 4) is 0 Å². The number of nitrogens with one attached hydrogen (secondary N) is 1. The van der Waals surface area contributed by atoms with Crippen LogP contribution in [0, 0.1) is 0 Å². The van der Waals surface area contributed by atoms with Crippen LogP contribution < -0.4 is 5.32 Å². The van der Waals surface area contributed by atoms with Crippen LogP contribution in [0.5, 0.6) is 0 Å². The average Bonchev–Trinajstić information content (AvgIpc) is 2.47. The molecule has 0 unspecified atom stereocenters. The summed E-state index contributed by atoms with van der Waals surface area (Å²) in [7, 11) is 0. The Labute approximate surface area is 92.5 Å². The molecule has 0 radical (unpaired) electrons. The molecule has 0 bridgehead atoms. The Hall–Kier alpha value is -2.11. The highest BCUT2D eigenvalue weighted by Crippen LogP contribution is 2.09. The summed E-state index contributed by atoms with van der Waals surface area (Å²) in [5.74, 6) is -1.22. The number of carbonyl (C=O) groups is 3. The van der Waals surface area contributed by atoms with Gasteiger partial charge in [-0.05, 0) is 6.92 Å². The molecule has 0 saturated carbocycles. The molecular weight excluding hydrogens is 212 g/mol. The zero-order valence-corrected chi connectivity index (χ0v) is 8.86. The Kier molecular flexibility index (Phi) is 3.82. The second-order valence-corrected chi connectivity index (χ2v) is 2.94. The van der Waals surface area contributed by atoms with Gasteiger partial charge in [-0.15, -0.1) is 6.58 Å². The van der Waals surface area contributed by atoms with Gasteiger partial charge in [0, 0.05) is 6.54 Å². The van der Waals surface area contributed by atoms with E-state index in [-0.39, 0.29) is 18.8 Å². The van der Waals surface area contributed by atoms with Crippen molar-refractivity contribution in [2.24, 2.45) is 0 Å². The predicted molar refractivity (Wildman–Crippen MR) is 55.2 cm³/mol. The van der Waals surface area contributed by atoms with Crippen LogP contribution in [-0.4, -0.2) is 36.0 Å². The van der Waals surface area contributed by atoms with E-state index >= 15 is 0 Å². The van der Waals surface area contributed by atoms with Gasteiger partial charge in [0.05, 0.1) is 12.7 Å². The Balaban J connectivity index is 2.79. The lowest BCUT2D eigenvalue weighted by Gasteiger charge is -2.06. The molecule has 1 N–H and O–H groups in total. The van der Waals surface area contributed by atoms with Crippen LogP contribution in [-0.2, 0) is 14.3 Å². The zero-order valence-electron chi connectivity index (χ0n) is 8.86. The van der Waals surface area contributed by atoms with E-state index in [0.717, 1.165) is 11.0 Å². The Morgan fingerprint density at radius 1 is 1.56 bits per heavy atom. The fraction of sp³-hybridized carbons (Fsp3) is 0.300. The molecule has 16 heavy (non-hydrogen) atoms. The Morgan fingerprint density at radius 2 is 2.25 bits per heavy atom. The number of hydrogen-bond donors (Lipinski definition) is 1. The minimum atomic E-state index is -0.661. The summed E-state index contributed by atoms with van der Waals surface area (Å²) in [4.78, 5) is 34.9. The molecule has 1 fully saturated rings. The van der Waals surface area contributed by atoms with Crippen molar-refractivity contribution in [2.75, 3.05) is 13.2 Å². The Bertz CT molecular complexity index is 373. The molecule has 0 aromatic heterocycles. The lowest BCUT2D eigenvalue weighted by atomic mass is 10.4. The number of nitrogens with zero attached hydrogens (tertiary/aromatic N) is 1. The third-order valence-corrected chi connectivity index (χ3v) is 1.82. The standard InChI is InChI=1S/C10H12N2O4/c1-3-5-12-9(14)7(11-10(12)15)6-8(13)16-4-2/h3,6H,1,4-5H2,2H3,(H,11,15)/b7-6+. The van der Waals surface area contributed by atoms with E-state index < -0.39 is 17.9 Å². The van der Waals surface area contributed by atoms with Gasteiger partial charge >= 0.3 is 12.0 Å². The van der Waals surface area contributed by atoms with Gasteiger partial charge in [0.15, 0.2) is 0 Å². The van der Waals surface area contributed by atoms with Gasteiger partial charge in [-0.25, -0.2) is 9.59 Å². The minimum Gasteiger partial charge on any atom is -0.463 e. The zero-order chi connectivity index (χ0) is 12.1. The predicted octanol–water partition coefficient (Wildman–Crippen LogP) is 0.171. The van der Waals surface area contributed by atoms with E-state index in [0.29, 0.717) is 0 Å². The molecule has 0 atom stereocenters. The maximum atomic E-state index is 11.6. The van der Waals surface area contributed by atoms with Crippen molar-refractivity contribution in [3.63, 3.8) is 0 Å². The monoisotopic (exact) mass is 224 g/mol. The third-order valence-electron chi connectivity index (χ3n) is 1.82. The second kappa shape index (κ2) is 5.11. The van der Waals surface area contributed by atoms with Gasteiger partial charge in [-0.2, -0.15) is 0 Å². The van der Waals surface area contributed by atoms with E-state index in [1.165, 1.54) is 6.08 Å². The minimum absolute atomic E-state index is 0.0784. The number of ether oxygens (including phenoxy) is 1. The number of hydrogen-bond acceptors (Lipinski definition) is 4. The molecular formula is C10H12N2O4. The summed E-state index contributed by atoms with van der Waals surface area (Å²) in [5, 5.41) is 2.28. The number of amides is 3. The second-order valence-electron chi connectivity index (χ2n) is 2.94. The molecule has 1 saturated heterocycles. The van der Waals surface area contributed by atoms with E-state index in [9.17, 15) is 14.4 Å². The molecule has 6 heteroatoms. The first kappa shape index (κ1) is 12.0. The van der Waals surface area contributed by atoms with Crippen LogP contribution in [0.25, 0.3) is 0 Å². The first-order chi connectivity index (χ1) is 7.60. The van der Waals surface area contributed by atoms with Crippen LogP contribution >= 0.6 is 0 Å². The van der Waals surface area contributed by atoms with Crippen molar-refractivity contribution >= 4 is 17.9 Å². The highest BCUT2D eigenvalue weighted by Gasteiger charge is 2.33. The molecule has 1 heterocycles. The summed E-state index contributed by atoms with van der Waals surface area (Å²) in [6.45, 7) is 5.38. The lowest BCUT2D eigenvalue weighted by molar-refractivity contribution is -0.137. The summed E-state index contributed by atoms with van der Waals surface area (Å²) >= 11 is 0. The number of rotatable bonds is 4. The van der Waals surface area contributed by atoms with Crippen molar-refractivity contribution in [1.82, 2.24) is 10.2 Å². The molecule has 3 amide bonds. The van der Waals surface area contributed by atoms with Crippen molar-refractivity contribution < 1.29 is 19.1 Å². The fourth-order valence-electron chi connectivity index (χ4n) is 1.17. The Morgan fingerprint density at radius 3 is 2.81 bits per heavy atom.